The Morgan fingerprint density at radius 2 is 2.25 bits per heavy atom. The second-order valence-corrected chi connectivity index (χ2v) is 3.52. The molecule has 0 saturated heterocycles. The van der Waals surface area contributed by atoms with Gasteiger partial charge in [0.05, 0.1) is 10.7 Å². The third kappa shape index (κ3) is 1.01. The number of para-hydroxylation sites is 1. The smallest absolute Gasteiger partial charge is 0.241 e. The van der Waals surface area contributed by atoms with Gasteiger partial charge in [0.15, 0.2) is 0 Å². The van der Waals surface area contributed by atoms with Gasteiger partial charge in [0, 0.05) is 0 Å². The van der Waals surface area contributed by atoms with Crippen LogP contribution in [0.2, 0.25) is 5.02 Å². The standard InChI is InChI=1S/C8H6ClNOS/c9-5-3-1-2-4-6(5)10-8(11)7(4)12/h1-3,7,12H,(H,10,11). The number of hydrogen-bond acceptors (Lipinski definition) is 2. The van der Waals surface area contributed by atoms with E-state index in [2.05, 4.69) is 17.9 Å². The molecule has 0 fully saturated rings. The third-order valence-electron chi connectivity index (χ3n) is 1.84. The molecule has 2 nitrogen and oxygen atoms in total. The van der Waals surface area contributed by atoms with E-state index in [1.165, 1.54) is 0 Å². The summed E-state index contributed by atoms with van der Waals surface area (Å²) in [6.07, 6.45) is 0. The van der Waals surface area contributed by atoms with Crippen molar-refractivity contribution in [2.75, 3.05) is 5.32 Å². The van der Waals surface area contributed by atoms with E-state index in [0.29, 0.717) is 10.7 Å². The van der Waals surface area contributed by atoms with Crippen molar-refractivity contribution in [3.63, 3.8) is 0 Å². The molecule has 1 aromatic carbocycles. The van der Waals surface area contributed by atoms with Crippen LogP contribution in [0.5, 0.6) is 0 Å². The van der Waals surface area contributed by atoms with Crippen LogP contribution in [-0.2, 0) is 4.79 Å². The van der Waals surface area contributed by atoms with E-state index in [4.69, 9.17) is 11.6 Å². The number of fused-ring (bicyclic) bond motifs is 1. The molecule has 1 aliphatic heterocycles. The quantitative estimate of drug-likeness (QED) is 0.617. The highest BCUT2D eigenvalue weighted by molar-refractivity contribution is 7.81. The van der Waals surface area contributed by atoms with Gasteiger partial charge in [-0.3, -0.25) is 4.79 Å². The minimum Gasteiger partial charge on any atom is -0.323 e. The normalized spacial score (nSPS) is 20.5. The molecule has 0 bridgehead atoms. The first kappa shape index (κ1) is 7.95. The van der Waals surface area contributed by atoms with Crippen molar-refractivity contribution < 1.29 is 4.79 Å². The van der Waals surface area contributed by atoms with E-state index in [9.17, 15) is 4.79 Å². The molecule has 1 aromatic rings. The lowest BCUT2D eigenvalue weighted by Crippen LogP contribution is -2.06. The Kier molecular flexibility index (Phi) is 1.77. The predicted molar refractivity (Wildman–Crippen MR) is 51.8 cm³/mol. The highest BCUT2D eigenvalue weighted by atomic mass is 35.5. The monoisotopic (exact) mass is 199 g/mol. The van der Waals surface area contributed by atoms with Gasteiger partial charge in [0.1, 0.15) is 5.25 Å². The van der Waals surface area contributed by atoms with E-state index < -0.39 is 0 Å². The first-order valence-electron chi connectivity index (χ1n) is 3.47. The first-order chi connectivity index (χ1) is 5.70. The van der Waals surface area contributed by atoms with Crippen LogP contribution >= 0.6 is 24.2 Å². The van der Waals surface area contributed by atoms with Gasteiger partial charge >= 0.3 is 0 Å². The number of benzene rings is 1. The lowest BCUT2D eigenvalue weighted by atomic mass is 10.1. The molecule has 1 N–H and O–H groups in total. The van der Waals surface area contributed by atoms with Gasteiger partial charge in [-0.2, -0.15) is 12.6 Å². The number of nitrogens with one attached hydrogen (secondary N) is 1. The van der Waals surface area contributed by atoms with E-state index in [-0.39, 0.29) is 11.2 Å². The van der Waals surface area contributed by atoms with Crippen molar-refractivity contribution in [2.45, 2.75) is 5.25 Å². The average Bonchev–Trinajstić information content (AvgIpc) is 2.32. The molecule has 0 saturated carbocycles. The number of amides is 1. The number of thiol groups is 1. The van der Waals surface area contributed by atoms with Gasteiger partial charge in [0.2, 0.25) is 5.91 Å². The minimum absolute atomic E-state index is 0.110. The molecule has 0 aromatic heterocycles. The zero-order valence-electron chi connectivity index (χ0n) is 6.04. The first-order valence-corrected chi connectivity index (χ1v) is 4.37. The summed E-state index contributed by atoms with van der Waals surface area (Å²) in [6.45, 7) is 0. The van der Waals surface area contributed by atoms with E-state index >= 15 is 0 Å². The molecule has 1 amide bonds. The summed E-state index contributed by atoms with van der Waals surface area (Å²) in [6, 6.07) is 5.40. The van der Waals surface area contributed by atoms with Crippen molar-refractivity contribution in [1.29, 1.82) is 0 Å². The van der Waals surface area contributed by atoms with E-state index in [1.807, 2.05) is 12.1 Å². The Hall–Kier alpha value is -0.670. The van der Waals surface area contributed by atoms with Crippen molar-refractivity contribution in [3.8, 4) is 0 Å². The fraction of sp³-hybridized carbons (Fsp3) is 0.125. The van der Waals surface area contributed by atoms with Gasteiger partial charge in [0.25, 0.3) is 0 Å². The lowest BCUT2D eigenvalue weighted by Gasteiger charge is -2.00. The van der Waals surface area contributed by atoms with Crippen molar-refractivity contribution in [3.05, 3.63) is 28.8 Å². The number of rotatable bonds is 0. The molecule has 1 atom stereocenters. The molecule has 4 heteroatoms. The van der Waals surface area contributed by atoms with Crippen LogP contribution in [0.3, 0.4) is 0 Å². The Morgan fingerprint density at radius 3 is 2.92 bits per heavy atom. The molecule has 12 heavy (non-hydrogen) atoms. The largest absolute Gasteiger partial charge is 0.323 e. The predicted octanol–water partition coefficient (Wildman–Crippen LogP) is 2.26. The topological polar surface area (TPSA) is 29.1 Å². The van der Waals surface area contributed by atoms with E-state index in [0.717, 1.165) is 5.56 Å². The zero-order valence-corrected chi connectivity index (χ0v) is 7.69. The molecule has 1 unspecified atom stereocenters. The molecule has 0 radical (unpaired) electrons. The number of carbonyl (C=O) groups excluding carboxylic acids is 1. The van der Waals surface area contributed by atoms with Gasteiger partial charge in [-0.05, 0) is 11.6 Å². The maximum Gasteiger partial charge on any atom is 0.241 e. The fourth-order valence-corrected chi connectivity index (χ4v) is 1.74. The van der Waals surface area contributed by atoms with Crippen LogP contribution in [0.4, 0.5) is 5.69 Å². The molecule has 0 aliphatic carbocycles. The second kappa shape index (κ2) is 2.68. The third-order valence-corrected chi connectivity index (χ3v) is 2.66. The van der Waals surface area contributed by atoms with Gasteiger partial charge in [-0.1, -0.05) is 23.7 Å². The van der Waals surface area contributed by atoms with Crippen LogP contribution in [0.15, 0.2) is 18.2 Å². The Bertz CT molecular complexity index is 353. The maximum absolute atomic E-state index is 11.1. The highest BCUT2D eigenvalue weighted by Crippen LogP contribution is 2.38. The molecular weight excluding hydrogens is 194 g/mol. The molecule has 1 heterocycles. The summed E-state index contributed by atoms with van der Waals surface area (Å²) in [5.41, 5.74) is 1.56. The lowest BCUT2D eigenvalue weighted by molar-refractivity contribution is -0.115. The van der Waals surface area contributed by atoms with Crippen LogP contribution in [0.25, 0.3) is 0 Å². The number of halogens is 1. The van der Waals surface area contributed by atoms with Crippen LogP contribution in [0.1, 0.15) is 10.8 Å². The average molecular weight is 200 g/mol. The minimum atomic E-state index is -0.376. The summed E-state index contributed by atoms with van der Waals surface area (Å²) in [7, 11) is 0. The number of hydrogen-bond donors (Lipinski definition) is 2. The Labute approximate surface area is 80.3 Å². The van der Waals surface area contributed by atoms with E-state index in [1.54, 1.807) is 6.07 Å². The summed E-state index contributed by atoms with van der Waals surface area (Å²) in [4.78, 5) is 11.1. The maximum atomic E-state index is 11.1. The molecule has 0 spiro atoms. The summed E-state index contributed by atoms with van der Waals surface area (Å²) in [5, 5.41) is 2.86. The second-order valence-electron chi connectivity index (χ2n) is 2.60. The van der Waals surface area contributed by atoms with Gasteiger partial charge in [-0.25, -0.2) is 0 Å². The fourth-order valence-electron chi connectivity index (χ4n) is 1.23. The van der Waals surface area contributed by atoms with Gasteiger partial charge in [-0.15, -0.1) is 0 Å². The molecule has 1 aliphatic rings. The Balaban J connectivity index is 2.60. The highest BCUT2D eigenvalue weighted by Gasteiger charge is 2.28. The SMILES string of the molecule is O=C1Nc2c(Cl)cccc2C1S. The Morgan fingerprint density at radius 1 is 1.50 bits per heavy atom. The van der Waals surface area contributed by atoms with Crippen LogP contribution in [-0.4, -0.2) is 5.91 Å². The zero-order chi connectivity index (χ0) is 8.72. The van der Waals surface area contributed by atoms with Crippen LogP contribution in [0, 0.1) is 0 Å². The molecule has 62 valence electrons. The molecule has 2 rings (SSSR count). The summed E-state index contributed by atoms with van der Waals surface area (Å²) >= 11 is 9.99. The van der Waals surface area contributed by atoms with Gasteiger partial charge < -0.3 is 5.32 Å². The summed E-state index contributed by atoms with van der Waals surface area (Å²) in [5.74, 6) is -0.110. The van der Waals surface area contributed by atoms with Crippen LogP contribution < -0.4 is 5.32 Å². The van der Waals surface area contributed by atoms with Crippen molar-refractivity contribution in [1.82, 2.24) is 0 Å². The molecular formula is C8H6ClNOS. The number of carbonyl (C=O) groups is 1. The number of anilines is 1. The summed E-state index contributed by atoms with van der Waals surface area (Å²) < 4.78 is 0. The van der Waals surface area contributed by atoms with Crippen molar-refractivity contribution >= 4 is 35.8 Å². The van der Waals surface area contributed by atoms with Crippen molar-refractivity contribution in [2.24, 2.45) is 0 Å².